The molecule has 3 rings (SSSR count). The molecule has 2 aliphatic rings. The molecule has 1 saturated heterocycles. The molecule has 0 radical (unpaired) electrons. The molecule has 0 aliphatic carbocycles. The molecular weight excluding hydrogens is 306 g/mol. The van der Waals surface area contributed by atoms with Crippen molar-refractivity contribution in [3.63, 3.8) is 0 Å². The minimum atomic E-state index is 0.254. The molecule has 0 saturated carbocycles. The van der Waals surface area contributed by atoms with E-state index in [4.69, 9.17) is 14.7 Å². The molecule has 2 aliphatic heterocycles. The van der Waals surface area contributed by atoms with Gasteiger partial charge in [-0.1, -0.05) is 0 Å². The summed E-state index contributed by atoms with van der Waals surface area (Å²) in [5.41, 5.74) is 2.42. The lowest BCUT2D eigenvalue weighted by Gasteiger charge is -2.34. The maximum Gasteiger partial charge on any atom is 0.224 e. The van der Waals surface area contributed by atoms with Gasteiger partial charge in [0.2, 0.25) is 5.95 Å². The van der Waals surface area contributed by atoms with E-state index in [-0.39, 0.29) is 6.61 Å². The van der Waals surface area contributed by atoms with Crippen molar-refractivity contribution in [2.75, 3.05) is 63.3 Å². The zero-order valence-electron chi connectivity index (χ0n) is 14.6. The first-order chi connectivity index (χ1) is 11.8. The lowest BCUT2D eigenvalue weighted by atomic mass is 9.98. The van der Waals surface area contributed by atoms with Crippen LogP contribution in [0.2, 0.25) is 0 Å². The summed E-state index contributed by atoms with van der Waals surface area (Å²) in [6.07, 6.45) is 4.10. The highest BCUT2D eigenvalue weighted by Crippen LogP contribution is 2.28. The van der Waals surface area contributed by atoms with Crippen LogP contribution in [-0.2, 0) is 17.6 Å². The number of ether oxygens (including phenoxy) is 1. The summed E-state index contributed by atoms with van der Waals surface area (Å²) in [6, 6.07) is 0. The fourth-order valence-corrected chi connectivity index (χ4v) is 3.54. The number of piperidine rings is 1. The largest absolute Gasteiger partial charge is 0.396 e. The summed E-state index contributed by atoms with van der Waals surface area (Å²) in [7, 11) is 1.69. The van der Waals surface area contributed by atoms with Crippen LogP contribution in [0.1, 0.15) is 24.1 Å². The van der Waals surface area contributed by atoms with Crippen LogP contribution in [0.15, 0.2) is 0 Å². The Labute approximate surface area is 143 Å². The first-order valence-electron chi connectivity index (χ1n) is 9.01. The van der Waals surface area contributed by atoms with E-state index < -0.39 is 0 Å². The van der Waals surface area contributed by atoms with Crippen LogP contribution in [0.25, 0.3) is 0 Å². The lowest BCUT2D eigenvalue weighted by molar-refractivity contribution is 0.208. The summed E-state index contributed by atoms with van der Waals surface area (Å²) in [5, 5.41) is 16.3. The van der Waals surface area contributed by atoms with Crippen molar-refractivity contribution in [3.8, 4) is 0 Å². The third-order valence-corrected chi connectivity index (χ3v) is 4.83. The summed E-state index contributed by atoms with van der Waals surface area (Å²) >= 11 is 0. The van der Waals surface area contributed by atoms with Crippen LogP contribution in [-0.4, -0.2) is 68.1 Å². The molecule has 7 nitrogen and oxygen atoms in total. The van der Waals surface area contributed by atoms with E-state index in [1.165, 1.54) is 5.56 Å². The van der Waals surface area contributed by atoms with Gasteiger partial charge in [-0.3, -0.25) is 0 Å². The minimum absolute atomic E-state index is 0.254. The second kappa shape index (κ2) is 8.60. The Morgan fingerprint density at radius 3 is 3.04 bits per heavy atom. The average Bonchev–Trinajstić information content (AvgIpc) is 2.87. The number of methoxy groups -OCH3 is 1. The normalized spacial score (nSPS) is 21.2. The van der Waals surface area contributed by atoms with Crippen molar-refractivity contribution in [2.45, 2.75) is 25.7 Å². The zero-order valence-corrected chi connectivity index (χ0v) is 14.6. The van der Waals surface area contributed by atoms with E-state index >= 15 is 0 Å². The number of nitrogens with zero attached hydrogens (tertiary/aromatic N) is 3. The highest BCUT2D eigenvalue weighted by atomic mass is 16.5. The maximum atomic E-state index is 9.54. The van der Waals surface area contributed by atoms with Gasteiger partial charge < -0.3 is 25.4 Å². The Bertz CT molecular complexity index is 540. The van der Waals surface area contributed by atoms with Gasteiger partial charge in [-0.05, 0) is 31.7 Å². The van der Waals surface area contributed by atoms with Gasteiger partial charge in [0.25, 0.3) is 0 Å². The van der Waals surface area contributed by atoms with Crippen LogP contribution in [0.5, 0.6) is 0 Å². The predicted molar refractivity (Wildman–Crippen MR) is 94.7 cm³/mol. The van der Waals surface area contributed by atoms with Crippen molar-refractivity contribution in [2.24, 2.45) is 5.92 Å². The quantitative estimate of drug-likeness (QED) is 0.650. The van der Waals surface area contributed by atoms with E-state index in [0.29, 0.717) is 25.0 Å². The van der Waals surface area contributed by atoms with Gasteiger partial charge in [-0.2, -0.15) is 4.98 Å². The molecule has 0 bridgehead atoms. The number of nitrogens with one attached hydrogen (secondary N) is 2. The van der Waals surface area contributed by atoms with Crippen LogP contribution in [0.3, 0.4) is 0 Å². The molecule has 0 aromatic carbocycles. The van der Waals surface area contributed by atoms with Crippen molar-refractivity contribution in [1.29, 1.82) is 0 Å². The first-order valence-corrected chi connectivity index (χ1v) is 9.01. The summed E-state index contributed by atoms with van der Waals surface area (Å²) < 4.78 is 5.11. The standard InChI is InChI=1S/C17H29N5O2/c1-24-10-8-19-17-20-15-5-7-18-6-4-14(15)16(21-17)22-9-2-3-13(11-22)12-23/h13,18,23H,2-12H2,1H3,(H,19,20,21). The van der Waals surface area contributed by atoms with Crippen molar-refractivity contribution >= 4 is 11.8 Å². The van der Waals surface area contributed by atoms with Gasteiger partial charge in [0.1, 0.15) is 5.82 Å². The third kappa shape index (κ3) is 4.15. The smallest absolute Gasteiger partial charge is 0.224 e. The molecule has 24 heavy (non-hydrogen) atoms. The number of fused-ring (bicyclic) bond motifs is 1. The average molecular weight is 335 g/mol. The molecule has 3 heterocycles. The van der Waals surface area contributed by atoms with Crippen LogP contribution >= 0.6 is 0 Å². The number of hydrogen-bond donors (Lipinski definition) is 3. The molecule has 0 amide bonds. The summed E-state index contributed by atoms with van der Waals surface area (Å²) in [6.45, 7) is 5.40. The highest BCUT2D eigenvalue weighted by Gasteiger charge is 2.25. The van der Waals surface area contributed by atoms with E-state index in [2.05, 4.69) is 15.5 Å². The van der Waals surface area contributed by atoms with Crippen molar-refractivity contribution < 1.29 is 9.84 Å². The molecule has 1 fully saturated rings. The molecule has 3 N–H and O–H groups in total. The second-order valence-electron chi connectivity index (χ2n) is 6.60. The van der Waals surface area contributed by atoms with Gasteiger partial charge >= 0.3 is 0 Å². The number of hydrogen-bond acceptors (Lipinski definition) is 7. The number of rotatable bonds is 6. The van der Waals surface area contributed by atoms with Crippen LogP contribution < -0.4 is 15.5 Å². The second-order valence-corrected chi connectivity index (χ2v) is 6.60. The van der Waals surface area contributed by atoms with Crippen LogP contribution in [0.4, 0.5) is 11.8 Å². The van der Waals surface area contributed by atoms with E-state index in [1.807, 2.05) is 0 Å². The predicted octanol–water partition coefficient (Wildman–Crippen LogP) is 0.432. The molecule has 7 heteroatoms. The van der Waals surface area contributed by atoms with Crippen molar-refractivity contribution in [3.05, 3.63) is 11.3 Å². The highest BCUT2D eigenvalue weighted by molar-refractivity contribution is 5.54. The zero-order chi connectivity index (χ0) is 16.8. The SMILES string of the molecule is COCCNc1nc2c(c(N3CCCC(CO)C3)n1)CCNCC2. The maximum absolute atomic E-state index is 9.54. The number of aliphatic hydroxyl groups excluding tert-OH is 1. The van der Waals surface area contributed by atoms with Crippen LogP contribution in [0, 0.1) is 5.92 Å². The van der Waals surface area contributed by atoms with Crippen molar-refractivity contribution in [1.82, 2.24) is 15.3 Å². The molecule has 1 unspecified atom stereocenters. The third-order valence-electron chi connectivity index (χ3n) is 4.83. The molecule has 1 atom stereocenters. The fraction of sp³-hybridized carbons (Fsp3) is 0.765. The van der Waals surface area contributed by atoms with E-state index in [0.717, 1.165) is 63.4 Å². The number of aliphatic hydroxyl groups is 1. The van der Waals surface area contributed by atoms with E-state index in [1.54, 1.807) is 7.11 Å². The van der Waals surface area contributed by atoms with Gasteiger partial charge in [-0.15, -0.1) is 0 Å². The molecular formula is C17H29N5O2. The summed E-state index contributed by atoms with van der Waals surface area (Å²) in [4.78, 5) is 11.9. The minimum Gasteiger partial charge on any atom is -0.396 e. The topological polar surface area (TPSA) is 82.5 Å². The fourth-order valence-electron chi connectivity index (χ4n) is 3.54. The van der Waals surface area contributed by atoms with Gasteiger partial charge in [0.05, 0.1) is 12.3 Å². The lowest BCUT2D eigenvalue weighted by Crippen LogP contribution is -2.38. The van der Waals surface area contributed by atoms with E-state index in [9.17, 15) is 5.11 Å². The van der Waals surface area contributed by atoms with Gasteiger partial charge in [0.15, 0.2) is 0 Å². The Morgan fingerprint density at radius 1 is 1.33 bits per heavy atom. The molecule has 0 spiro atoms. The summed E-state index contributed by atoms with van der Waals surface area (Å²) in [5.74, 6) is 2.09. The Kier molecular flexibility index (Phi) is 6.23. The number of anilines is 2. The number of aromatic nitrogens is 2. The van der Waals surface area contributed by atoms with Gasteiger partial charge in [0, 0.05) is 51.9 Å². The first kappa shape index (κ1) is 17.4. The Morgan fingerprint density at radius 2 is 2.21 bits per heavy atom. The van der Waals surface area contributed by atoms with Gasteiger partial charge in [-0.25, -0.2) is 4.98 Å². The monoisotopic (exact) mass is 335 g/mol. The molecule has 1 aromatic heterocycles. The Balaban J connectivity index is 1.87. The Hall–Kier alpha value is -1.44. The molecule has 1 aromatic rings. The molecule has 134 valence electrons.